The van der Waals surface area contributed by atoms with Crippen molar-refractivity contribution in [1.82, 2.24) is 0 Å². The van der Waals surface area contributed by atoms with Crippen LogP contribution in [0.25, 0.3) is 32.7 Å². The number of hydrogen-bond donors (Lipinski definition) is 0. The molecule has 10 aromatic carbocycles. The lowest BCUT2D eigenvalue weighted by molar-refractivity contribution is 0.465. The summed E-state index contributed by atoms with van der Waals surface area (Å²) in [5.74, 6) is 3.26. The molecule has 0 bridgehead atoms. The normalized spacial score (nSPS) is 12.2. The lowest BCUT2D eigenvalue weighted by atomic mass is 9.35. The largest absolute Gasteiger partial charge is 0.458 e. The van der Waals surface area contributed by atoms with Gasteiger partial charge in [0.25, 0.3) is 6.71 Å². The maximum Gasteiger partial charge on any atom is 0.260 e. The van der Waals surface area contributed by atoms with Gasteiger partial charge in [-0.25, -0.2) is 0 Å². The molecule has 4 nitrogen and oxygen atoms in total. The summed E-state index contributed by atoms with van der Waals surface area (Å²) in [7, 11) is 0. The zero-order valence-corrected chi connectivity index (χ0v) is 33.2. The van der Waals surface area contributed by atoms with Crippen LogP contribution >= 0.6 is 0 Å². The Morgan fingerprint density at radius 2 is 0.738 bits per heavy atom. The van der Waals surface area contributed by atoms with Crippen LogP contribution in [0, 0.1) is 0 Å². The molecule has 286 valence electrons. The van der Waals surface area contributed by atoms with Crippen LogP contribution in [0.15, 0.2) is 224 Å². The summed E-state index contributed by atoms with van der Waals surface area (Å²) < 4.78 is 14.1. The highest BCUT2D eigenvalue weighted by Crippen LogP contribution is 2.45. The highest BCUT2D eigenvalue weighted by atomic mass is 16.5. The Balaban J connectivity index is 1.04. The Morgan fingerprint density at radius 1 is 0.311 bits per heavy atom. The van der Waals surface area contributed by atoms with Crippen LogP contribution in [-0.4, -0.2) is 6.71 Å². The molecule has 2 aliphatic heterocycles. The number of anilines is 6. The first-order chi connectivity index (χ1) is 30.2. The number of hydrogen-bond acceptors (Lipinski definition) is 4. The summed E-state index contributed by atoms with van der Waals surface area (Å²) in [6, 6.07) is 79.6. The van der Waals surface area contributed by atoms with Crippen molar-refractivity contribution >= 4 is 78.8 Å². The molecule has 0 saturated heterocycles. The van der Waals surface area contributed by atoms with Crippen molar-refractivity contribution < 1.29 is 9.47 Å². The third-order valence-corrected chi connectivity index (χ3v) is 12.1. The van der Waals surface area contributed by atoms with Gasteiger partial charge >= 0.3 is 0 Å². The van der Waals surface area contributed by atoms with Crippen molar-refractivity contribution in [1.29, 1.82) is 0 Å². The second-order valence-corrected chi connectivity index (χ2v) is 15.7. The van der Waals surface area contributed by atoms with Gasteiger partial charge in [0.2, 0.25) is 0 Å². The molecule has 2 aliphatic rings. The van der Waals surface area contributed by atoms with E-state index in [1.54, 1.807) is 0 Å². The van der Waals surface area contributed by atoms with E-state index >= 15 is 0 Å². The van der Waals surface area contributed by atoms with Crippen molar-refractivity contribution in [2.75, 3.05) is 9.80 Å². The van der Waals surface area contributed by atoms with Gasteiger partial charge in [0, 0.05) is 51.1 Å². The van der Waals surface area contributed by atoms with Gasteiger partial charge in [0.15, 0.2) is 0 Å². The van der Waals surface area contributed by atoms with Crippen molar-refractivity contribution in [2.45, 2.75) is 0 Å². The van der Waals surface area contributed by atoms with E-state index in [4.69, 9.17) is 9.47 Å². The fourth-order valence-electron chi connectivity index (χ4n) is 9.36. The molecular weight excluding hydrogens is 743 g/mol. The minimum absolute atomic E-state index is 0.115. The van der Waals surface area contributed by atoms with Gasteiger partial charge in [-0.2, -0.15) is 0 Å². The predicted molar refractivity (Wildman–Crippen MR) is 254 cm³/mol. The van der Waals surface area contributed by atoms with Crippen LogP contribution in [0.5, 0.6) is 23.0 Å². The zero-order valence-electron chi connectivity index (χ0n) is 33.2. The Bertz CT molecular complexity index is 3070. The lowest BCUT2D eigenvalue weighted by Gasteiger charge is -2.35. The first kappa shape index (κ1) is 35.0. The first-order valence-electron chi connectivity index (χ1n) is 20.8. The molecule has 0 aliphatic carbocycles. The van der Waals surface area contributed by atoms with Gasteiger partial charge in [-0.15, -0.1) is 0 Å². The SMILES string of the molecule is c1ccc(-c2cc3c4c(c2)Oc2cc(N(c5ccccc5)c5cccc6ccccc56)ccc2B4c2ccc(N(c4ccccc4)c4cccc5ccccc45)cc2O3)cc1. The van der Waals surface area contributed by atoms with E-state index in [9.17, 15) is 0 Å². The summed E-state index contributed by atoms with van der Waals surface area (Å²) in [5.41, 5.74) is 11.8. The van der Waals surface area contributed by atoms with E-state index in [2.05, 4.69) is 228 Å². The quantitative estimate of drug-likeness (QED) is 0.150. The number of benzene rings is 10. The molecule has 0 amide bonds. The van der Waals surface area contributed by atoms with Gasteiger partial charge < -0.3 is 19.3 Å². The van der Waals surface area contributed by atoms with E-state index in [1.165, 1.54) is 21.5 Å². The van der Waals surface area contributed by atoms with Crippen LogP contribution in [0.2, 0.25) is 0 Å². The fourth-order valence-corrected chi connectivity index (χ4v) is 9.36. The van der Waals surface area contributed by atoms with Crippen molar-refractivity contribution in [3.05, 3.63) is 224 Å². The highest BCUT2D eigenvalue weighted by molar-refractivity contribution is 6.98. The van der Waals surface area contributed by atoms with Gasteiger partial charge in [0.1, 0.15) is 23.0 Å². The lowest BCUT2D eigenvalue weighted by Crippen LogP contribution is -2.57. The van der Waals surface area contributed by atoms with Crippen LogP contribution in [0.4, 0.5) is 34.1 Å². The molecule has 0 aromatic heterocycles. The van der Waals surface area contributed by atoms with Gasteiger partial charge in [-0.1, -0.05) is 152 Å². The van der Waals surface area contributed by atoms with E-state index in [0.29, 0.717) is 0 Å². The number of para-hydroxylation sites is 2. The average molecular weight is 781 g/mol. The maximum absolute atomic E-state index is 7.06. The standard InChI is InChI=1S/C56H37BN2O2/c1-4-16-38(17-5-1)41-34-54-56-55(35-41)61-53-37-45(59(43-24-8-3-9-25-43)51-29-15-21-40-19-11-13-27-47(40)51)31-33-49(53)57(56)48-32-30-44(36-52(48)60-54)58(42-22-6-2-7-23-42)50-28-14-20-39-18-10-12-26-46(39)50/h1-37H. The fraction of sp³-hybridized carbons (Fsp3) is 0. The Hall–Kier alpha value is -8.02. The van der Waals surface area contributed by atoms with Crippen molar-refractivity contribution in [3.8, 4) is 34.1 Å². The van der Waals surface area contributed by atoms with Crippen LogP contribution in [0.3, 0.4) is 0 Å². The molecule has 61 heavy (non-hydrogen) atoms. The van der Waals surface area contributed by atoms with Crippen LogP contribution in [-0.2, 0) is 0 Å². The Kier molecular flexibility index (Phi) is 8.24. The van der Waals surface area contributed by atoms with Gasteiger partial charge in [-0.05, 0) is 93.5 Å². The summed E-state index contributed by atoms with van der Waals surface area (Å²) >= 11 is 0. The van der Waals surface area contributed by atoms with Crippen molar-refractivity contribution in [2.24, 2.45) is 0 Å². The number of fused-ring (bicyclic) bond motifs is 6. The second kappa shape index (κ2) is 14.4. The molecule has 0 saturated carbocycles. The predicted octanol–water partition coefficient (Wildman–Crippen LogP) is 13.3. The number of ether oxygens (including phenoxy) is 2. The highest BCUT2D eigenvalue weighted by Gasteiger charge is 2.41. The minimum Gasteiger partial charge on any atom is -0.458 e. The van der Waals surface area contributed by atoms with Crippen LogP contribution < -0.4 is 35.7 Å². The maximum atomic E-state index is 7.06. The molecule has 5 heteroatoms. The molecule has 0 spiro atoms. The molecule has 0 unspecified atom stereocenters. The third-order valence-electron chi connectivity index (χ3n) is 12.1. The van der Waals surface area contributed by atoms with E-state index in [0.717, 1.165) is 84.6 Å². The van der Waals surface area contributed by atoms with Gasteiger partial charge in [-0.3, -0.25) is 0 Å². The van der Waals surface area contributed by atoms with E-state index in [-0.39, 0.29) is 6.71 Å². The molecule has 12 rings (SSSR count). The van der Waals surface area contributed by atoms with Crippen LogP contribution in [0.1, 0.15) is 0 Å². The van der Waals surface area contributed by atoms with Crippen molar-refractivity contribution in [3.63, 3.8) is 0 Å². The topological polar surface area (TPSA) is 24.9 Å². The summed E-state index contributed by atoms with van der Waals surface area (Å²) in [5, 5.41) is 4.73. The van der Waals surface area contributed by atoms with E-state index < -0.39 is 0 Å². The minimum atomic E-state index is -0.115. The molecule has 0 N–H and O–H groups in total. The second-order valence-electron chi connectivity index (χ2n) is 15.7. The number of nitrogens with zero attached hydrogens (tertiary/aromatic N) is 2. The van der Waals surface area contributed by atoms with Gasteiger partial charge in [0.05, 0.1) is 11.4 Å². The average Bonchev–Trinajstić information content (AvgIpc) is 3.32. The molecule has 2 heterocycles. The molecule has 0 atom stereocenters. The summed E-state index contributed by atoms with van der Waals surface area (Å²) in [6.45, 7) is -0.115. The Labute approximate surface area is 355 Å². The molecular formula is C56H37BN2O2. The Morgan fingerprint density at radius 3 is 1.23 bits per heavy atom. The van der Waals surface area contributed by atoms with E-state index in [1.807, 2.05) is 6.07 Å². The summed E-state index contributed by atoms with van der Waals surface area (Å²) in [4.78, 5) is 4.67. The molecule has 0 radical (unpaired) electrons. The smallest absolute Gasteiger partial charge is 0.260 e. The third kappa shape index (κ3) is 5.93. The zero-order chi connectivity index (χ0) is 40.3. The molecule has 10 aromatic rings. The number of rotatable bonds is 7. The first-order valence-corrected chi connectivity index (χ1v) is 20.8. The monoisotopic (exact) mass is 780 g/mol. The summed E-state index contributed by atoms with van der Waals surface area (Å²) in [6.07, 6.45) is 0. The molecule has 0 fully saturated rings.